The summed E-state index contributed by atoms with van der Waals surface area (Å²) in [6, 6.07) is 5.92. The summed E-state index contributed by atoms with van der Waals surface area (Å²) in [6.07, 6.45) is 1.67. The quantitative estimate of drug-likeness (QED) is 0.901. The standard InChI is InChI=1S/C19H26N2O3/c1-13-8-14(2)10-15(9-13)18(23)21-11-16(17(22)20-3)19(12-21)4-6-24-7-5-19/h8-10,16H,4-7,11-12H2,1-3H3,(H,20,22). The summed E-state index contributed by atoms with van der Waals surface area (Å²) in [5.74, 6) is -0.0899. The summed E-state index contributed by atoms with van der Waals surface area (Å²) in [5, 5.41) is 2.78. The highest BCUT2D eigenvalue weighted by molar-refractivity contribution is 5.95. The third-order valence-electron chi connectivity index (χ3n) is 5.46. The van der Waals surface area contributed by atoms with Gasteiger partial charge in [0.1, 0.15) is 0 Å². The predicted octanol–water partition coefficient (Wildman–Crippen LogP) is 1.92. The monoisotopic (exact) mass is 330 g/mol. The fourth-order valence-corrected chi connectivity index (χ4v) is 4.22. The molecular formula is C19H26N2O3. The minimum Gasteiger partial charge on any atom is -0.381 e. The second-order valence-corrected chi connectivity index (χ2v) is 7.20. The number of aryl methyl sites for hydroxylation is 2. The van der Waals surface area contributed by atoms with Crippen LogP contribution in [-0.4, -0.2) is 50.1 Å². The van der Waals surface area contributed by atoms with E-state index in [0.717, 1.165) is 24.0 Å². The SMILES string of the molecule is CNC(=O)C1CN(C(=O)c2cc(C)cc(C)c2)CC12CCOCC2. The van der Waals surface area contributed by atoms with E-state index in [1.165, 1.54) is 0 Å². The molecule has 2 fully saturated rings. The van der Waals surface area contributed by atoms with E-state index in [0.29, 0.717) is 31.9 Å². The van der Waals surface area contributed by atoms with E-state index in [1.54, 1.807) is 7.05 Å². The van der Waals surface area contributed by atoms with Crippen molar-refractivity contribution in [2.45, 2.75) is 26.7 Å². The first-order valence-corrected chi connectivity index (χ1v) is 8.62. The van der Waals surface area contributed by atoms with Gasteiger partial charge in [0.25, 0.3) is 5.91 Å². The third kappa shape index (κ3) is 3.05. The Labute approximate surface area is 143 Å². The normalized spacial score (nSPS) is 22.6. The Hall–Kier alpha value is -1.88. The summed E-state index contributed by atoms with van der Waals surface area (Å²) in [4.78, 5) is 27.3. The molecule has 3 rings (SSSR count). The lowest BCUT2D eigenvalue weighted by atomic mass is 9.72. The molecule has 2 amide bonds. The maximum absolute atomic E-state index is 13.0. The zero-order valence-electron chi connectivity index (χ0n) is 14.7. The Morgan fingerprint density at radius 2 is 1.79 bits per heavy atom. The van der Waals surface area contributed by atoms with Crippen LogP contribution in [0.25, 0.3) is 0 Å². The van der Waals surface area contributed by atoms with Crippen LogP contribution in [0.1, 0.15) is 34.3 Å². The van der Waals surface area contributed by atoms with Crippen LogP contribution in [0, 0.1) is 25.2 Å². The Kier molecular flexibility index (Phi) is 4.63. The Balaban J connectivity index is 1.86. The van der Waals surface area contributed by atoms with Crippen molar-refractivity contribution in [1.82, 2.24) is 10.2 Å². The van der Waals surface area contributed by atoms with Gasteiger partial charge < -0.3 is 15.0 Å². The van der Waals surface area contributed by atoms with Crippen LogP contribution in [0.2, 0.25) is 0 Å². The van der Waals surface area contributed by atoms with E-state index >= 15 is 0 Å². The Bertz CT molecular complexity index is 630. The molecule has 1 aromatic rings. The summed E-state index contributed by atoms with van der Waals surface area (Å²) in [6.45, 7) is 6.46. The second-order valence-electron chi connectivity index (χ2n) is 7.20. The summed E-state index contributed by atoms with van der Waals surface area (Å²) in [7, 11) is 1.67. The molecule has 1 spiro atoms. The van der Waals surface area contributed by atoms with Crippen LogP contribution >= 0.6 is 0 Å². The molecule has 1 aromatic carbocycles. The Morgan fingerprint density at radius 3 is 2.38 bits per heavy atom. The first kappa shape index (κ1) is 17.0. The lowest BCUT2D eigenvalue weighted by molar-refractivity contribution is -0.129. The van der Waals surface area contributed by atoms with E-state index < -0.39 is 0 Å². The molecule has 2 heterocycles. The van der Waals surface area contributed by atoms with Crippen LogP contribution in [0.4, 0.5) is 0 Å². The number of likely N-dealkylation sites (tertiary alicyclic amines) is 1. The van der Waals surface area contributed by atoms with Gasteiger partial charge in [0, 0.05) is 44.3 Å². The smallest absolute Gasteiger partial charge is 0.253 e. The van der Waals surface area contributed by atoms with Crippen molar-refractivity contribution in [3.05, 3.63) is 34.9 Å². The fourth-order valence-electron chi connectivity index (χ4n) is 4.22. The van der Waals surface area contributed by atoms with E-state index in [4.69, 9.17) is 4.74 Å². The first-order chi connectivity index (χ1) is 11.4. The zero-order valence-corrected chi connectivity index (χ0v) is 14.7. The van der Waals surface area contributed by atoms with Gasteiger partial charge in [-0.3, -0.25) is 9.59 Å². The minimum atomic E-state index is -0.152. The van der Waals surface area contributed by atoms with Gasteiger partial charge in [-0.25, -0.2) is 0 Å². The lowest BCUT2D eigenvalue weighted by Gasteiger charge is -2.36. The van der Waals surface area contributed by atoms with Crippen molar-refractivity contribution in [2.24, 2.45) is 11.3 Å². The molecule has 0 aromatic heterocycles. The predicted molar refractivity (Wildman–Crippen MR) is 91.9 cm³/mol. The van der Waals surface area contributed by atoms with Crippen LogP contribution in [-0.2, 0) is 9.53 Å². The summed E-state index contributed by atoms with van der Waals surface area (Å²) >= 11 is 0. The molecule has 0 saturated carbocycles. The number of carbonyl (C=O) groups excluding carboxylic acids is 2. The van der Waals surface area contributed by atoms with E-state index in [2.05, 4.69) is 11.4 Å². The van der Waals surface area contributed by atoms with E-state index in [9.17, 15) is 9.59 Å². The van der Waals surface area contributed by atoms with Gasteiger partial charge in [0.2, 0.25) is 5.91 Å². The molecule has 5 heteroatoms. The number of nitrogens with one attached hydrogen (secondary N) is 1. The lowest BCUT2D eigenvalue weighted by Crippen LogP contribution is -2.43. The molecule has 0 aliphatic carbocycles. The zero-order chi connectivity index (χ0) is 17.3. The number of benzene rings is 1. The third-order valence-corrected chi connectivity index (χ3v) is 5.46. The molecule has 0 bridgehead atoms. The molecule has 0 radical (unpaired) electrons. The molecule has 130 valence electrons. The molecule has 2 aliphatic heterocycles. The summed E-state index contributed by atoms with van der Waals surface area (Å²) < 4.78 is 5.49. The Morgan fingerprint density at radius 1 is 1.17 bits per heavy atom. The van der Waals surface area contributed by atoms with Gasteiger partial charge >= 0.3 is 0 Å². The minimum absolute atomic E-state index is 0.0269. The van der Waals surface area contributed by atoms with Crippen molar-refractivity contribution >= 4 is 11.8 Å². The molecular weight excluding hydrogens is 304 g/mol. The van der Waals surface area contributed by atoms with Crippen molar-refractivity contribution in [2.75, 3.05) is 33.4 Å². The number of hydrogen-bond donors (Lipinski definition) is 1. The molecule has 1 atom stereocenters. The average molecular weight is 330 g/mol. The number of nitrogens with zero attached hydrogens (tertiary/aromatic N) is 1. The molecule has 5 nitrogen and oxygen atoms in total. The maximum Gasteiger partial charge on any atom is 0.253 e. The van der Waals surface area contributed by atoms with Crippen LogP contribution < -0.4 is 5.32 Å². The average Bonchev–Trinajstić information content (AvgIpc) is 2.92. The van der Waals surface area contributed by atoms with Gasteiger partial charge in [0.15, 0.2) is 0 Å². The first-order valence-electron chi connectivity index (χ1n) is 8.62. The van der Waals surface area contributed by atoms with Gasteiger partial charge in [-0.05, 0) is 38.8 Å². The summed E-state index contributed by atoms with van der Waals surface area (Å²) in [5.41, 5.74) is 2.74. The molecule has 1 unspecified atom stereocenters. The number of rotatable bonds is 2. The van der Waals surface area contributed by atoms with Gasteiger partial charge in [-0.15, -0.1) is 0 Å². The molecule has 24 heavy (non-hydrogen) atoms. The number of carbonyl (C=O) groups is 2. The highest BCUT2D eigenvalue weighted by atomic mass is 16.5. The topological polar surface area (TPSA) is 58.6 Å². The maximum atomic E-state index is 13.0. The van der Waals surface area contributed by atoms with Gasteiger partial charge in [0.05, 0.1) is 5.92 Å². The van der Waals surface area contributed by atoms with Crippen LogP contribution in [0.15, 0.2) is 18.2 Å². The number of hydrogen-bond acceptors (Lipinski definition) is 3. The van der Waals surface area contributed by atoms with Crippen LogP contribution in [0.3, 0.4) is 0 Å². The largest absolute Gasteiger partial charge is 0.381 e. The second kappa shape index (κ2) is 6.55. The number of amides is 2. The van der Waals surface area contributed by atoms with Gasteiger partial charge in [-0.2, -0.15) is 0 Å². The molecule has 2 aliphatic rings. The van der Waals surface area contributed by atoms with Crippen LogP contribution in [0.5, 0.6) is 0 Å². The van der Waals surface area contributed by atoms with Crippen molar-refractivity contribution in [3.8, 4) is 0 Å². The van der Waals surface area contributed by atoms with E-state index in [1.807, 2.05) is 30.9 Å². The highest BCUT2D eigenvalue weighted by Crippen LogP contribution is 2.44. The van der Waals surface area contributed by atoms with E-state index in [-0.39, 0.29) is 23.1 Å². The highest BCUT2D eigenvalue weighted by Gasteiger charge is 2.51. The van der Waals surface area contributed by atoms with Crippen molar-refractivity contribution in [1.29, 1.82) is 0 Å². The van der Waals surface area contributed by atoms with Gasteiger partial charge in [-0.1, -0.05) is 17.2 Å². The number of ether oxygens (including phenoxy) is 1. The molecule has 2 saturated heterocycles. The molecule has 1 N–H and O–H groups in total. The van der Waals surface area contributed by atoms with Crippen molar-refractivity contribution < 1.29 is 14.3 Å². The fraction of sp³-hybridized carbons (Fsp3) is 0.579. The van der Waals surface area contributed by atoms with Crippen molar-refractivity contribution in [3.63, 3.8) is 0 Å².